The number of rotatable bonds is 4. The molecular formula is C18H17ClN4O4. The molecule has 2 aromatic rings. The lowest BCUT2D eigenvalue weighted by Gasteiger charge is -2.17. The second kappa shape index (κ2) is 7.63. The Balaban J connectivity index is 1.61. The van der Waals surface area contributed by atoms with E-state index in [1.54, 1.807) is 36.1 Å². The third-order valence-corrected chi connectivity index (χ3v) is 4.52. The predicted molar refractivity (Wildman–Crippen MR) is 102 cm³/mol. The third-order valence-electron chi connectivity index (χ3n) is 4.27. The van der Waals surface area contributed by atoms with Gasteiger partial charge in [0, 0.05) is 41.5 Å². The maximum Gasteiger partial charge on any atom is 0.319 e. The van der Waals surface area contributed by atoms with E-state index < -0.39 is 11.0 Å². The first-order chi connectivity index (χ1) is 12.8. The van der Waals surface area contributed by atoms with Crippen LogP contribution in [0.25, 0.3) is 0 Å². The van der Waals surface area contributed by atoms with Crippen molar-refractivity contribution in [1.82, 2.24) is 5.32 Å². The molecular weight excluding hydrogens is 372 g/mol. The second-order valence-electron chi connectivity index (χ2n) is 6.24. The minimum Gasteiger partial charge on any atom is -0.333 e. The van der Waals surface area contributed by atoms with Crippen molar-refractivity contribution in [3.63, 3.8) is 0 Å². The van der Waals surface area contributed by atoms with Crippen LogP contribution in [0.15, 0.2) is 42.5 Å². The van der Waals surface area contributed by atoms with Gasteiger partial charge >= 0.3 is 6.03 Å². The molecule has 1 heterocycles. The maximum absolute atomic E-state index is 12.2. The van der Waals surface area contributed by atoms with Crippen LogP contribution in [0.2, 0.25) is 5.02 Å². The largest absolute Gasteiger partial charge is 0.333 e. The monoisotopic (exact) mass is 388 g/mol. The molecule has 3 rings (SSSR count). The first-order valence-electron chi connectivity index (χ1n) is 8.22. The number of hydrogen-bond acceptors (Lipinski definition) is 4. The number of hydrogen-bond donors (Lipinski definition) is 2. The highest BCUT2D eigenvalue weighted by atomic mass is 35.5. The summed E-state index contributed by atoms with van der Waals surface area (Å²) in [4.78, 5) is 36.3. The molecule has 1 fully saturated rings. The molecule has 0 radical (unpaired) electrons. The van der Waals surface area contributed by atoms with Crippen molar-refractivity contribution in [2.75, 3.05) is 16.8 Å². The van der Waals surface area contributed by atoms with Gasteiger partial charge < -0.3 is 15.5 Å². The number of amides is 3. The van der Waals surface area contributed by atoms with Crippen molar-refractivity contribution in [1.29, 1.82) is 0 Å². The van der Waals surface area contributed by atoms with Crippen molar-refractivity contribution in [2.24, 2.45) is 0 Å². The Morgan fingerprint density at radius 3 is 2.59 bits per heavy atom. The predicted octanol–water partition coefficient (Wildman–Crippen LogP) is 3.48. The highest BCUT2D eigenvalue weighted by Gasteiger charge is 2.31. The number of anilines is 2. The van der Waals surface area contributed by atoms with Crippen molar-refractivity contribution in [3.05, 3.63) is 63.2 Å². The number of non-ortho nitro benzene ring substituents is 1. The fourth-order valence-corrected chi connectivity index (χ4v) is 3.05. The van der Waals surface area contributed by atoms with E-state index in [1.807, 2.05) is 0 Å². The van der Waals surface area contributed by atoms with E-state index in [4.69, 9.17) is 11.6 Å². The fraction of sp³-hybridized carbons (Fsp3) is 0.222. The molecule has 0 spiro atoms. The summed E-state index contributed by atoms with van der Waals surface area (Å²) in [7, 11) is 0. The van der Waals surface area contributed by atoms with Gasteiger partial charge in [0.05, 0.1) is 11.0 Å². The molecule has 3 amide bonds. The van der Waals surface area contributed by atoms with Crippen LogP contribution in [-0.2, 0) is 4.79 Å². The molecule has 1 saturated heterocycles. The van der Waals surface area contributed by atoms with Gasteiger partial charge in [-0.1, -0.05) is 11.6 Å². The topological polar surface area (TPSA) is 105 Å². The number of carbonyl (C=O) groups excluding carboxylic acids is 2. The van der Waals surface area contributed by atoms with Crippen molar-refractivity contribution >= 4 is 40.6 Å². The molecule has 140 valence electrons. The molecule has 9 heteroatoms. The molecule has 0 aliphatic carbocycles. The number of carbonyl (C=O) groups is 2. The Hall–Kier alpha value is -3.13. The lowest BCUT2D eigenvalue weighted by molar-refractivity contribution is -0.384. The minimum absolute atomic E-state index is 0.0431. The van der Waals surface area contributed by atoms with Gasteiger partial charge in [-0.15, -0.1) is 0 Å². The summed E-state index contributed by atoms with van der Waals surface area (Å²) >= 11 is 5.86. The van der Waals surface area contributed by atoms with Crippen LogP contribution < -0.4 is 15.5 Å². The lowest BCUT2D eigenvalue weighted by Crippen LogP contribution is -2.39. The maximum atomic E-state index is 12.2. The summed E-state index contributed by atoms with van der Waals surface area (Å²) in [5.74, 6) is -0.0888. The Morgan fingerprint density at radius 1 is 1.26 bits per heavy atom. The normalized spacial score (nSPS) is 16.3. The van der Waals surface area contributed by atoms with Gasteiger partial charge in [0.1, 0.15) is 0 Å². The fourth-order valence-electron chi connectivity index (χ4n) is 2.92. The molecule has 1 unspecified atom stereocenters. The highest BCUT2D eigenvalue weighted by Crippen LogP contribution is 2.24. The van der Waals surface area contributed by atoms with Gasteiger partial charge in [-0.3, -0.25) is 14.9 Å². The number of nitro benzene ring substituents is 1. The zero-order valence-electron chi connectivity index (χ0n) is 14.4. The lowest BCUT2D eigenvalue weighted by atomic mass is 10.2. The molecule has 1 aliphatic heterocycles. The molecule has 2 aromatic carbocycles. The van der Waals surface area contributed by atoms with Gasteiger partial charge in [0.2, 0.25) is 5.91 Å². The van der Waals surface area contributed by atoms with Crippen LogP contribution in [0.3, 0.4) is 0 Å². The number of benzene rings is 2. The van der Waals surface area contributed by atoms with E-state index in [0.29, 0.717) is 22.8 Å². The summed E-state index contributed by atoms with van der Waals surface area (Å²) in [6, 6.07) is 10.3. The van der Waals surface area contributed by atoms with Crippen LogP contribution in [0.5, 0.6) is 0 Å². The van der Waals surface area contributed by atoms with E-state index >= 15 is 0 Å². The zero-order chi connectivity index (χ0) is 19.6. The van der Waals surface area contributed by atoms with Crippen molar-refractivity contribution in [3.8, 4) is 0 Å². The van der Waals surface area contributed by atoms with Crippen molar-refractivity contribution < 1.29 is 14.5 Å². The molecule has 8 nitrogen and oxygen atoms in total. The Morgan fingerprint density at radius 2 is 1.96 bits per heavy atom. The third kappa shape index (κ3) is 4.35. The SMILES string of the molecule is Cc1cc([N+](=O)[O-])ccc1NC(=O)NC1CC(=O)N(c2ccc(Cl)cc2)C1. The molecule has 0 bridgehead atoms. The zero-order valence-corrected chi connectivity index (χ0v) is 15.2. The average molecular weight is 389 g/mol. The molecule has 0 saturated carbocycles. The number of nitrogens with zero attached hydrogens (tertiary/aromatic N) is 2. The first-order valence-corrected chi connectivity index (χ1v) is 8.60. The standard InChI is InChI=1S/C18H17ClN4O4/c1-11-8-15(23(26)27)6-7-16(11)21-18(25)20-13-9-17(24)22(10-13)14-4-2-12(19)3-5-14/h2-8,13H,9-10H2,1H3,(H2,20,21,25). The molecule has 1 atom stereocenters. The second-order valence-corrected chi connectivity index (χ2v) is 6.67. The van der Waals surface area contributed by atoms with Crippen LogP contribution in [0.4, 0.5) is 21.9 Å². The quantitative estimate of drug-likeness (QED) is 0.617. The summed E-state index contributed by atoms with van der Waals surface area (Å²) in [6.45, 7) is 2.02. The minimum atomic E-state index is -0.494. The Labute approximate surface area is 160 Å². The number of aryl methyl sites for hydroxylation is 1. The van der Waals surface area contributed by atoms with Gasteiger partial charge in [-0.05, 0) is 42.8 Å². The van der Waals surface area contributed by atoms with Crippen LogP contribution in [0.1, 0.15) is 12.0 Å². The Bertz CT molecular complexity index is 901. The number of nitro groups is 1. The summed E-state index contributed by atoms with van der Waals surface area (Å²) in [5.41, 5.74) is 1.72. The first kappa shape index (κ1) is 18.7. The van der Waals surface area contributed by atoms with Crippen molar-refractivity contribution in [2.45, 2.75) is 19.4 Å². The highest BCUT2D eigenvalue weighted by molar-refractivity contribution is 6.30. The molecule has 1 aliphatic rings. The summed E-state index contributed by atoms with van der Waals surface area (Å²) < 4.78 is 0. The van der Waals surface area contributed by atoms with Crippen LogP contribution >= 0.6 is 11.6 Å². The van der Waals surface area contributed by atoms with Crippen LogP contribution in [-0.4, -0.2) is 29.4 Å². The number of nitrogens with one attached hydrogen (secondary N) is 2. The summed E-state index contributed by atoms with van der Waals surface area (Å²) in [6.07, 6.45) is 0.190. The van der Waals surface area contributed by atoms with Crippen LogP contribution in [0, 0.1) is 17.0 Å². The molecule has 0 aromatic heterocycles. The van der Waals surface area contributed by atoms with E-state index in [9.17, 15) is 19.7 Å². The van der Waals surface area contributed by atoms with E-state index in [-0.39, 0.29) is 24.1 Å². The average Bonchev–Trinajstić information content (AvgIpc) is 2.97. The smallest absolute Gasteiger partial charge is 0.319 e. The molecule has 2 N–H and O–H groups in total. The van der Waals surface area contributed by atoms with Gasteiger partial charge in [-0.2, -0.15) is 0 Å². The molecule has 27 heavy (non-hydrogen) atoms. The van der Waals surface area contributed by atoms with E-state index in [0.717, 1.165) is 5.69 Å². The van der Waals surface area contributed by atoms with Gasteiger partial charge in [-0.25, -0.2) is 4.79 Å². The number of urea groups is 1. The van der Waals surface area contributed by atoms with E-state index in [1.165, 1.54) is 18.2 Å². The summed E-state index contributed by atoms with van der Waals surface area (Å²) in [5, 5.41) is 16.8. The van der Waals surface area contributed by atoms with Gasteiger partial charge in [0.25, 0.3) is 5.69 Å². The Kier molecular flexibility index (Phi) is 5.27. The van der Waals surface area contributed by atoms with Gasteiger partial charge in [0.15, 0.2) is 0 Å². The van der Waals surface area contributed by atoms with E-state index in [2.05, 4.69) is 10.6 Å². The number of halogens is 1.